The Hall–Kier alpha value is -1.69. The van der Waals surface area contributed by atoms with Crippen molar-refractivity contribution >= 4 is 17.2 Å². The first-order chi connectivity index (χ1) is 9.25. The van der Waals surface area contributed by atoms with Crippen molar-refractivity contribution in [2.75, 3.05) is 7.05 Å². The summed E-state index contributed by atoms with van der Waals surface area (Å²) in [5, 5.41) is 8.58. The average molecular weight is 276 g/mol. The van der Waals surface area contributed by atoms with E-state index in [0.29, 0.717) is 12.4 Å². The van der Waals surface area contributed by atoms with Gasteiger partial charge in [-0.2, -0.15) is 5.10 Å². The van der Waals surface area contributed by atoms with Crippen molar-refractivity contribution in [3.8, 4) is 0 Å². The molecule has 2 aromatic rings. The summed E-state index contributed by atoms with van der Waals surface area (Å²) in [5.41, 5.74) is 2.15. The SMILES string of the molecule is CN(Cc1ncn[nH]1)C(=O)c1csc2c1CCCC2. The zero-order valence-corrected chi connectivity index (χ0v) is 11.7. The Kier molecular flexibility index (Phi) is 3.33. The highest BCUT2D eigenvalue weighted by Gasteiger charge is 2.22. The van der Waals surface area contributed by atoms with Crippen LogP contribution >= 0.6 is 11.3 Å². The minimum atomic E-state index is 0.0794. The van der Waals surface area contributed by atoms with Crippen molar-refractivity contribution in [2.24, 2.45) is 0 Å². The summed E-state index contributed by atoms with van der Waals surface area (Å²) in [5.74, 6) is 0.788. The molecule has 3 rings (SSSR count). The zero-order valence-electron chi connectivity index (χ0n) is 10.8. The molecule has 0 spiro atoms. The molecule has 0 saturated heterocycles. The fourth-order valence-corrected chi connectivity index (χ4v) is 3.60. The molecule has 0 saturated carbocycles. The van der Waals surface area contributed by atoms with Crippen molar-refractivity contribution < 1.29 is 4.79 Å². The third kappa shape index (κ3) is 2.40. The highest BCUT2D eigenvalue weighted by atomic mass is 32.1. The van der Waals surface area contributed by atoms with Crippen molar-refractivity contribution in [1.82, 2.24) is 20.1 Å². The molecule has 2 aromatic heterocycles. The molecule has 0 aliphatic heterocycles. The maximum absolute atomic E-state index is 12.5. The highest BCUT2D eigenvalue weighted by Crippen LogP contribution is 2.30. The molecule has 1 N–H and O–H groups in total. The number of carbonyl (C=O) groups is 1. The number of aryl methyl sites for hydroxylation is 1. The lowest BCUT2D eigenvalue weighted by Crippen LogP contribution is -2.27. The van der Waals surface area contributed by atoms with Gasteiger partial charge in [0.1, 0.15) is 12.2 Å². The lowest BCUT2D eigenvalue weighted by atomic mass is 9.95. The predicted molar refractivity (Wildman–Crippen MR) is 73.1 cm³/mol. The molecule has 1 amide bonds. The molecule has 2 heterocycles. The third-order valence-corrected chi connectivity index (χ3v) is 4.58. The topological polar surface area (TPSA) is 61.9 Å². The summed E-state index contributed by atoms with van der Waals surface area (Å²) in [6.45, 7) is 0.462. The summed E-state index contributed by atoms with van der Waals surface area (Å²) in [6, 6.07) is 0. The van der Waals surface area contributed by atoms with Crippen LogP contribution < -0.4 is 0 Å². The van der Waals surface area contributed by atoms with Crippen LogP contribution in [0.4, 0.5) is 0 Å². The number of nitrogens with zero attached hydrogens (tertiary/aromatic N) is 3. The number of aromatic nitrogens is 3. The van der Waals surface area contributed by atoms with E-state index in [1.165, 1.54) is 29.6 Å². The second-order valence-corrected chi connectivity index (χ2v) is 5.82. The maximum atomic E-state index is 12.5. The summed E-state index contributed by atoms with van der Waals surface area (Å²) in [4.78, 5) is 19.6. The Morgan fingerprint density at radius 3 is 3.11 bits per heavy atom. The van der Waals surface area contributed by atoms with Crippen molar-refractivity contribution in [3.63, 3.8) is 0 Å². The molecule has 6 heteroatoms. The summed E-state index contributed by atoms with van der Waals surface area (Å²) in [6.07, 6.45) is 6.06. The van der Waals surface area contributed by atoms with Gasteiger partial charge in [0.25, 0.3) is 5.91 Å². The Morgan fingerprint density at radius 2 is 2.32 bits per heavy atom. The van der Waals surface area contributed by atoms with Gasteiger partial charge < -0.3 is 4.90 Å². The van der Waals surface area contributed by atoms with E-state index in [1.54, 1.807) is 23.3 Å². The van der Waals surface area contributed by atoms with Gasteiger partial charge >= 0.3 is 0 Å². The molecule has 0 aromatic carbocycles. The van der Waals surface area contributed by atoms with E-state index in [2.05, 4.69) is 15.2 Å². The van der Waals surface area contributed by atoms with E-state index in [4.69, 9.17) is 0 Å². The molecular formula is C13H16N4OS. The number of amides is 1. The van der Waals surface area contributed by atoms with Crippen LogP contribution in [0.1, 0.15) is 39.5 Å². The Bertz CT molecular complexity index is 575. The van der Waals surface area contributed by atoms with Crippen molar-refractivity contribution in [2.45, 2.75) is 32.2 Å². The van der Waals surface area contributed by atoms with Crippen LogP contribution in [0, 0.1) is 0 Å². The number of carbonyl (C=O) groups excluding carboxylic acids is 1. The van der Waals surface area contributed by atoms with Gasteiger partial charge in [-0.05, 0) is 31.2 Å². The second kappa shape index (κ2) is 5.13. The fraction of sp³-hybridized carbons (Fsp3) is 0.462. The largest absolute Gasteiger partial charge is 0.334 e. The van der Waals surface area contributed by atoms with Crippen LogP contribution in [-0.2, 0) is 19.4 Å². The van der Waals surface area contributed by atoms with Crippen LogP contribution in [-0.4, -0.2) is 33.0 Å². The van der Waals surface area contributed by atoms with Crippen LogP contribution in [0.25, 0.3) is 0 Å². The Morgan fingerprint density at radius 1 is 1.47 bits per heavy atom. The molecule has 0 radical (unpaired) electrons. The molecule has 5 nitrogen and oxygen atoms in total. The first-order valence-electron chi connectivity index (χ1n) is 6.44. The molecule has 1 aliphatic rings. The quantitative estimate of drug-likeness (QED) is 0.933. The molecule has 100 valence electrons. The smallest absolute Gasteiger partial charge is 0.255 e. The number of nitrogens with one attached hydrogen (secondary N) is 1. The minimum absolute atomic E-state index is 0.0794. The van der Waals surface area contributed by atoms with Crippen LogP contribution in [0.15, 0.2) is 11.7 Å². The van der Waals surface area contributed by atoms with E-state index in [-0.39, 0.29) is 5.91 Å². The van der Waals surface area contributed by atoms with Gasteiger partial charge in [0.15, 0.2) is 0 Å². The van der Waals surface area contributed by atoms with E-state index in [0.717, 1.165) is 18.4 Å². The van der Waals surface area contributed by atoms with Gasteiger partial charge in [-0.1, -0.05) is 0 Å². The maximum Gasteiger partial charge on any atom is 0.255 e. The fourth-order valence-electron chi connectivity index (χ4n) is 2.48. The van der Waals surface area contributed by atoms with Gasteiger partial charge in [0.2, 0.25) is 0 Å². The first kappa shape index (κ1) is 12.3. The number of fused-ring (bicyclic) bond motifs is 1. The lowest BCUT2D eigenvalue weighted by Gasteiger charge is -2.17. The second-order valence-electron chi connectivity index (χ2n) is 4.85. The molecule has 19 heavy (non-hydrogen) atoms. The van der Waals surface area contributed by atoms with E-state index >= 15 is 0 Å². The molecule has 0 fully saturated rings. The number of rotatable bonds is 3. The number of hydrogen-bond donors (Lipinski definition) is 1. The number of aromatic amines is 1. The Labute approximate surface area is 115 Å². The number of thiophene rings is 1. The molecule has 0 unspecified atom stereocenters. The van der Waals surface area contributed by atoms with Gasteiger partial charge in [-0.3, -0.25) is 9.89 Å². The summed E-state index contributed by atoms with van der Waals surface area (Å²) < 4.78 is 0. The van der Waals surface area contributed by atoms with Crippen molar-refractivity contribution in [3.05, 3.63) is 33.5 Å². The minimum Gasteiger partial charge on any atom is -0.334 e. The zero-order chi connectivity index (χ0) is 13.2. The van der Waals surface area contributed by atoms with Crippen molar-refractivity contribution in [1.29, 1.82) is 0 Å². The first-order valence-corrected chi connectivity index (χ1v) is 7.32. The predicted octanol–water partition coefficient (Wildman–Crippen LogP) is 2.02. The van der Waals surface area contributed by atoms with Gasteiger partial charge in [-0.15, -0.1) is 11.3 Å². The normalized spacial score (nSPS) is 14.2. The monoisotopic (exact) mass is 276 g/mol. The molecule has 0 atom stereocenters. The van der Waals surface area contributed by atoms with E-state index in [9.17, 15) is 4.79 Å². The highest BCUT2D eigenvalue weighted by molar-refractivity contribution is 7.10. The lowest BCUT2D eigenvalue weighted by molar-refractivity contribution is 0.0781. The van der Waals surface area contributed by atoms with Gasteiger partial charge in [0.05, 0.1) is 12.1 Å². The average Bonchev–Trinajstić information content (AvgIpc) is 3.06. The van der Waals surface area contributed by atoms with E-state index in [1.807, 2.05) is 5.38 Å². The molecule has 1 aliphatic carbocycles. The summed E-state index contributed by atoms with van der Waals surface area (Å²) in [7, 11) is 1.80. The van der Waals surface area contributed by atoms with Gasteiger partial charge in [0, 0.05) is 17.3 Å². The summed E-state index contributed by atoms with van der Waals surface area (Å²) >= 11 is 1.72. The standard InChI is InChI=1S/C13H16N4OS/c1-17(6-12-14-8-15-16-12)13(18)10-7-19-11-5-3-2-4-9(10)11/h7-8H,2-6H2,1H3,(H,14,15,16). The molecule has 0 bridgehead atoms. The van der Waals surface area contributed by atoms with Crippen LogP contribution in [0.5, 0.6) is 0 Å². The third-order valence-electron chi connectivity index (χ3n) is 3.49. The van der Waals surface area contributed by atoms with Crippen LogP contribution in [0.3, 0.4) is 0 Å². The van der Waals surface area contributed by atoms with Gasteiger partial charge in [-0.25, -0.2) is 4.98 Å². The Balaban J connectivity index is 1.78. The number of H-pyrrole nitrogens is 1. The molecular weight excluding hydrogens is 260 g/mol. The van der Waals surface area contributed by atoms with Crippen LogP contribution in [0.2, 0.25) is 0 Å². The number of hydrogen-bond acceptors (Lipinski definition) is 4. The van der Waals surface area contributed by atoms with E-state index < -0.39 is 0 Å².